The van der Waals surface area contributed by atoms with Crippen molar-refractivity contribution >= 4 is 39.1 Å². The average molecular weight is 433 g/mol. The number of benzene rings is 2. The number of rotatable bonds is 7. The van der Waals surface area contributed by atoms with Crippen molar-refractivity contribution in [2.45, 2.75) is 19.1 Å². The number of sulfonamides is 1. The molecule has 3 aromatic rings. The summed E-state index contributed by atoms with van der Waals surface area (Å²) >= 11 is 1.14. The molecule has 3 rings (SSSR count). The van der Waals surface area contributed by atoms with Gasteiger partial charge in [-0.15, -0.1) is 10.2 Å². The first-order valence-electron chi connectivity index (χ1n) is 8.61. The highest BCUT2D eigenvalue weighted by atomic mass is 32.2. The van der Waals surface area contributed by atoms with Gasteiger partial charge in [0.1, 0.15) is 0 Å². The summed E-state index contributed by atoms with van der Waals surface area (Å²) in [6.07, 6.45) is 1.08. The molecule has 2 aromatic carbocycles. The molecule has 2 N–H and O–H groups in total. The second kappa shape index (κ2) is 8.66. The van der Waals surface area contributed by atoms with Gasteiger partial charge in [0, 0.05) is 16.9 Å². The van der Waals surface area contributed by atoms with Crippen molar-refractivity contribution in [3.05, 3.63) is 53.6 Å². The summed E-state index contributed by atoms with van der Waals surface area (Å²) in [5, 5.41) is 11.0. The number of anilines is 2. The number of nitrogens with zero attached hydrogens (tertiary/aromatic N) is 2. The highest BCUT2D eigenvalue weighted by Gasteiger charge is 2.12. The Kier molecular flexibility index (Phi) is 6.23. The van der Waals surface area contributed by atoms with E-state index in [2.05, 4.69) is 20.2 Å². The summed E-state index contributed by atoms with van der Waals surface area (Å²) in [4.78, 5) is 12.1. The van der Waals surface area contributed by atoms with Gasteiger partial charge in [-0.1, -0.05) is 17.8 Å². The topological polar surface area (TPSA) is 114 Å². The number of nitrogens with one attached hydrogen (secondary N) is 2. The maximum absolute atomic E-state index is 12.1. The Morgan fingerprint density at radius 2 is 1.72 bits per heavy atom. The van der Waals surface area contributed by atoms with E-state index in [-0.39, 0.29) is 22.8 Å². The molecular weight excluding hydrogens is 412 g/mol. The highest BCUT2D eigenvalue weighted by Crippen LogP contribution is 2.25. The molecule has 0 saturated heterocycles. The summed E-state index contributed by atoms with van der Waals surface area (Å²) in [5.74, 6) is 0.244. The molecule has 0 unspecified atom stereocenters. The van der Waals surface area contributed by atoms with Crippen molar-refractivity contribution in [2.75, 3.05) is 22.0 Å². The zero-order valence-corrected chi connectivity index (χ0v) is 17.7. The molecule has 0 bridgehead atoms. The molecule has 10 heteroatoms. The Bertz CT molecular complexity index is 1130. The highest BCUT2D eigenvalue weighted by molar-refractivity contribution is 7.99. The van der Waals surface area contributed by atoms with Crippen LogP contribution < -0.4 is 10.0 Å². The van der Waals surface area contributed by atoms with Crippen molar-refractivity contribution in [2.24, 2.45) is 0 Å². The van der Waals surface area contributed by atoms with Gasteiger partial charge in [-0.3, -0.25) is 9.52 Å². The maximum atomic E-state index is 12.1. The average Bonchev–Trinajstić information content (AvgIpc) is 3.11. The second-order valence-electron chi connectivity index (χ2n) is 6.46. The normalized spacial score (nSPS) is 11.3. The number of thioether (sulfide) groups is 1. The smallest absolute Gasteiger partial charge is 0.277 e. The maximum Gasteiger partial charge on any atom is 0.277 e. The summed E-state index contributed by atoms with van der Waals surface area (Å²) in [7, 11) is -3.34. The van der Waals surface area contributed by atoms with Crippen LogP contribution in [0.3, 0.4) is 0 Å². The van der Waals surface area contributed by atoms with Crippen molar-refractivity contribution in [3.63, 3.8) is 0 Å². The first kappa shape index (κ1) is 20.9. The number of hydrogen-bond acceptors (Lipinski definition) is 7. The van der Waals surface area contributed by atoms with E-state index in [4.69, 9.17) is 4.42 Å². The Morgan fingerprint density at radius 3 is 2.38 bits per heavy atom. The number of aryl methyl sites for hydroxylation is 2. The third-order valence-electron chi connectivity index (χ3n) is 3.96. The summed E-state index contributed by atoms with van der Waals surface area (Å²) in [5.41, 5.74) is 4.09. The first-order chi connectivity index (χ1) is 13.7. The summed E-state index contributed by atoms with van der Waals surface area (Å²) in [6, 6.07) is 12.3. The van der Waals surface area contributed by atoms with Gasteiger partial charge in [0.15, 0.2) is 0 Å². The lowest BCUT2D eigenvalue weighted by Gasteiger charge is -2.06. The number of hydrogen-bond donors (Lipinski definition) is 2. The van der Waals surface area contributed by atoms with Crippen LogP contribution in [0.2, 0.25) is 0 Å². The molecule has 0 aliphatic rings. The van der Waals surface area contributed by atoms with Gasteiger partial charge in [-0.05, 0) is 61.4 Å². The largest absolute Gasteiger partial charge is 0.411 e. The number of carbonyl (C=O) groups is 1. The molecule has 0 aliphatic heterocycles. The monoisotopic (exact) mass is 432 g/mol. The van der Waals surface area contributed by atoms with Gasteiger partial charge in [-0.2, -0.15) is 0 Å². The second-order valence-corrected chi connectivity index (χ2v) is 9.14. The zero-order chi connectivity index (χ0) is 21.0. The SMILES string of the molecule is Cc1ccc(NC(=O)CSc2nnc(-c3ccc(NS(C)(=O)=O)cc3)o2)cc1C. The quantitative estimate of drug-likeness (QED) is 0.550. The molecule has 8 nitrogen and oxygen atoms in total. The fraction of sp³-hybridized carbons (Fsp3) is 0.211. The summed E-state index contributed by atoms with van der Waals surface area (Å²) < 4.78 is 30.4. The minimum absolute atomic E-state index is 0.131. The van der Waals surface area contributed by atoms with E-state index in [1.54, 1.807) is 24.3 Å². The molecule has 0 saturated carbocycles. The fourth-order valence-corrected chi connectivity index (χ4v) is 3.55. The van der Waals surface area contributed by atoms with Gasteiger partial charge in [0.25, 0.3) is 5.22 Å². The van der Waals surface area contributed by atoms with Gasteiger partial charge in [0.05, 0.1) is 12.0 Å². The van der Waals surface area contributed by atoms with Crippen molar-refractivity contribution < 1.29 is 17.6 Å². The summed E-state index contributed by atoms with van der Waals surface area (Å²) in [6.45, 7) is 4.00. The van der Waals surface area contributed by atoms with Crippen LogP contribution in [0.5, 0.6) is 0 Å². The van der Waals surface area contributed by atoms with Crippen molar-refractivity contribution in [3.8, 4) is 11.5 Å². The minimum Gasteiger partial charge on any atom is -0.411 e. The van der Waals surface area contributed by atoms with Crippen LogP contribution in [0.1, 0.15) is 11.1 Å². The molecule has 0 atom stereocenters. The molecule has 0 aliphatic carbocycles. The Labute approximate surface area is 173 Å². The third kappa shape index (κ3) is 6.06. The Morgan fingerprint density at radius 1 is 1.03 bits per heavy atom. The molecule has 1 aromatic heterocycles. The Hall–Kier alpha value is -2.85. The molecule has 0 spiro atoms. The van der Waals surface area contributed by atoms with Crippen LogP contribution in [-0.4, -0.2) is 36.5 Å². The van der Waals surface area contributed by atoms with Crippen LogP contribution >= 0.6 is 11.8 Å². The van der Waals surface area contributed by atoms with Crippen LogP contribution in [0.25, 0.3) is 11.5 Å². The molecular formula is C19H20N4O4S2. The van der Waals surface area contributed by atoms with E-state index in [9.17, 15) is 13.2 Å². The lowest BCUT2D eigenvalue weighted by Crippen LogP contribution is -2.14. The van der Waals surface area contributed by atoms with Gasteiger partial charge in [-0.25, -0.2) is 8.42 Å². The van der Waals surface area contributed by atoms with E-state index in [1.807, 2.05) is 32.0 Å². The van der Waals surface area contributed by atoms with Crippen LogP contribution in [0, 0.1) is 13.8 Å². The molecule has 0 radical (unpaired) electrons. The first-order valence-corrected chi connectivity index (χ1v) is 11.5. The van der Waals surface area contributed by atoms with E-state index in [0.29, 0.717) is 11.3 Å². The molecule has 0 fully saturated rings. The van der Waals surface area contributed by atoms with Gasteiger partial charge < -0.3 is 9.73 Å². The van der Waals surface area contributed by atoms with Crippen molar-refractivity contribution in [1.29, 1.82) is 0 Å². The predicted molar refractivity (Wildman–Crippen MR) is 113 cm³/mol. The predicted octanol–water partition coefficient (Wildman–Crippen LogP) is 3.46. The van der Waals surface area contributed by atoms with Gasteiger partial charge >= 0.3 is 0 Å². The lowest BCUT2D eigenvalue weighted by atomic mass is 10.1. The zero-order valence-electron chi connectivity index (χ0n) is 16.1. The van der Waals surface area contributed by atoms with Crippen molar-refractivity contribution in [1.82, 2.24) is 10.2 Å². The standard InChI is InChI=1S/C19H20N4O4S2/c1-12-4-7-16(10-13(12)2)20-17(24)11-28-19-22-21-18(27-19)14-5-8-15(9-6-14)23-29(3,25)26/h4-10,23H,11H2,1-3H3,(H,20,24). The van der Waals surface area contributed by atoms with Crippen LogP contribution in [0.15, 0.2) is 52.1 Å². The fourth-order valence-electron chi connectivity index (χ4n) is 2.42. The number of aromatic nitrogens is 2. The molecule has 1 heterocycles. The third-order valence-corrected chi connectivity index (χ3v) is 5.38. The van der Waals surface area contributed by atoms with E-state index >= 15 is 0 Å². The van der Waals surface area contributed by atoms with E-state index in [0.717, 1.165) is 34.8 Å². The minimum atomic E-state index is -3.34. The molecule has 29 heavy (non-hydrogen) atoms. The molecule has 152 valence electrons. The molecule has 1 amide bonds. The lowest BCUT2D eigenvalue weighted by molar-refractivity contribution is -0.113. The van der Waals surface area contributed by atoms with Crippen LogP contribution in [-0.2, 0) is 14.8 Å². The van der Waals surface area contributed by atoms with Crippen LogP contribution in [0.4, 0.5) is 11.4 Å². The number of amides is 1. The number of carbonyl (C=O) groups excluding carboxylic acids is 1. The Balaban J connectivity index is 1.57. The van der Waals surface area contributed by atoms with Gasteiger partial charge in [0.2, 0.25) is 21.8 Å². The van der Waals surface area contributed by atoms with E-state index in [1.165, 1.54) is 0 Å². The van der Waals surface area contributed by atoms with E-state index < -0.39 is 10.0 Å².